The fourth-order valence-electron chi connectivity index (χ4n) is 3.13. The minimum Gasteiger partial charge on any atom is -0.490 e. The molecular formula is C22H37IN4O2. The molecule has 0 radical (unpaired) electrons. The Kier molecular flexibility index (Phi) is 12.0. The first kappa shape index (κ1) is 25.5. The largest absolute Gasteiger partial charge is 0.490 e. The smallest absolute Gasteiger partial charge is 0.222 e. The summed E-state index contributed by atoms with van der Waals surface area (Å²) in [6.07, 6.45) is 3.77. The molecule has 1 saturated heterocycles. The molecule has 1 atom stereocenters. The molecule has 164 valence electrons. The second-order valence-electron chi connectivity index (χ2n) is 7.41. The number of carbonyl (C=O) groups excluding carboxylic acids is 1. The summed E-state index contributed by atoms with van der Waals surface area (Å²) in [4.78, 5) is 18.4. The Hall–Kier alpha value is -1.51. The van der Waals surface area contributed by atoms with Crippen molar-refractivity contribution in [1.29, 1.82) is 0 Å². The van der Waals surface area contributed by atoms with Crippen molar-refractivity contribution in [3.8, 4) is 5.75 Å². The third-order valence-electron chi connectivity index (χ3n) is 4.95. The molecule has 1 fully saturated rings. The van der Waals surface area contributed by atoms with Gasteiger partial charge in [-0.05, 0) is 51.7 Å². The average Bonchev–Trinajstić information content (AvgIpc) is 3.09. The number of nitrogens with one attached hydrogen (secondary N) is 2. The number of guanidine groups is 1. The molecule has 0 bridgehead atoms. The van der Waals surface area contributed by atoms with E-state index < -0.39 is 0 Å². The van der Waals surface area contributed by atoms with Crippen molar-refractivity contribution >= 4 is 35.8 Å². The van der Waals surface area contributed by atoms with Gasteiger partial charge >= 0.3 is 0 Å². The van der Waals surface area contributed by atoms with Crippen LogP contribution in [0.2, 0.25) is 0 Å². The summed E-state index contributed by atoms with van der Waals surface area (Å²) in [7, 11) is 0. The zero-order valence-corrected chi connectivity index (χ0v) is 20.6. The number of benzene rings is 1. The quantitative estimate of drug-likeness (QED) is 0.215. The number of aryl methyl sites for hydroxylation is 1. The highest BCUT2D eigenvalue weighted by atomic mass is 127. The molecule has 29 heavy (non-hydrogen) atoms. The van der Waals surface area contributed by atoms with E-state index in [1.807, 2.05) is 4.90 Å². The van der Waals surface area contributed by atoms with Crippen molar-refractivity contribution < 1.29 is 9.53 Å². The first-order chi connectivity index (χ1) is 13.5. The zero-order valence-electron chi connectivity index (χ0n) is 18.3. The van der Waals surface area contributed by atoms with Crippen molar-refractivity contribution in [2.75, 3.05) is 26.2 Å². The number of rotatable bonds is 10. The van der Waals surface area contributed by atoms with Crippen LogP contribution in [0.1, 0.15) is 57.6 Å². The normalized spacial score (nSPS) is 15.1. The monoisotopic (exact) mass is 516 g/mol. The Balaban J connectivity index is 0.00000420. The van der Waals surface area contributed by atoms with Gasteiger partial charge in [-0.25, -0.2) is 4.99 Å². The summed E-state index contributed by atoms with van der Waals surface area (Å²) in [5, 5.41) is 6.66. The van der Waals surface area contributed by atoms with Gasteiger partial charge in [-0.1, -0.05) is 19.1 Å². The van der Waals surface area contributed by atoms with Crippen molar-refractivity contribution in [2.45, 2.75) is 66.0 Å². The lowest BCUT2D eigenvalue weighted by Gasteiger charge is -2.17. The maximum atomic E-state index is 11.7. The third-order valence-corrected chi connectivity index (χ3v) is 4.95. The van der Waals surface area contributed by atoms with Gasteiger partial charge in [-0.15, -0.1) is 24.0 Å². The predicted octanol–water partition coefficient (Wildman–Crippen LogP) is 3.86. The molecule has 0 aromatic heterocycles. The summed E-state index contributed by atoms with van der Waals surface area (Å²) in [6.45, 7) is 12.2. The van der Waals surface area contributed by atoms with Crippen LogP contribution in [-0.2, 0) is 11.3 Å². The standard InChI is InChI=1S/C22H36N4O2.HI/c1-5-18(4)28-20-15-17(3)10-11-19(20)16-25-22(23-6-2)24-12-8-14-26-13-7-9-21(26)27;/h10-11,15,18H,5-9,12-14,16H2,1-4H3,(H2,23,24,25);1H. The van der Waals surface area contributed by atoms with Crippen LogP contribution in [0.5, 0.6) is 5.75 Å². The number of hydrogen-bond donors (Lipinski definition) is 2. The van der Waals surface area contributed by atoms with E-state index in [-0.39, 0.29) is 36.0 Å². The summed E-state index contributed by atoms with van der Waals surface area (Å²) < 4.78 is 6.09. The highest BCUT2D eigenvalue weighted by Gasteiger charge is 2.18. The number of aliphatic imine (C=N–C) groups is 1. The molecule has 2 rings (SSSR count). The molecule has 1 amide bonds. The Morgan fingerprint density at radius 2 is 2.10 bits per heavy atom. The van der Waals surface area contributed by atoms with Gasteiger partial charge < -0.3 is 20.3 Å². The van der Waals surface area contributed by atoms with Crippen molar-refractivity contribution in [3.63, 3.8) is 0 Å². The second-order valence-corrected chi connectivity index (χ2v) is 7.41. The van der Waals surface area contributed by atoms with E-state index in [1.165, 1.54) is 5.56 Å². The molecule has 1 heterocycles. The number of ether oxygens (including phenoxy) is 1. The van der Waals surface area contributed by atoms with Gasteiger partial charge in [0.15, 0.2) is 5.96 Å². The summed E-state index contributed by atoms with van der Waals surface area (Å²) in [5.74, 6) is 2.00. The first-order valence-corrected chi connectivity index (χ1v) is 10.6. The first-order valence-electron chi connectivity index (χ1n) is 10.6. The molecule has 1 aliphatic heterocycles. The SMILES string of the molecule is CCNC(=NCc1ccc(C)cc1OC(C)CC)NCCCN1CCCC1=O.I. The molecule has 0 aliphatic carbocycles. The predicted molar refractivity (Wildman–Crippen MR) is 130 cm³/mol. The van der Waals surface area contributed by atoms with E-state index in [2.05, 4.69) is 56.5 Å². The molecule has 1 aromatic rings. The minimum atomic E-state index is 0. The van der Waals surface area contributed by atoms with Gasteiger partial charge in [-0.3, -0.25) is 4.79 Å². The zero-order chi connectivity index (χ0) is 20.4. The van der Waals surface area contributed by atoms with E-state index in [0.717, 1.165) is 62.7 Å². The van der Waals surface area contributed by atoms with Crippen LogP contribution in [0.3, 0.4) is 0 Å². The molecule has 1 aliphatic rings. The van der Waals surface area contributed by atoms with Gasteiger partial charge in [0, 0.05) is 38.2 Å². The lowest BCUT2D eigenvalue weighted by atomic mass is 10.1. The van der Waals surface area contributed by atoms with E-state index in [4.69, 9.17) is 9.73 Å². The van der Waals surface area contributed by atoms with Crippen molar-refractivity contribution in [2.24, 2.45) is 4.99 Å². The minimum absolute atomic E-state index is 0. The molecule has 2 N–H and O–H groups in total. The Labute approximate surface area is 192 Å². The van der Waals surface area contributed by atoms with E-state index in [1.54, 1.807) is 0 Å². The van der Waals surface area contributed by atoms with Gasteiger partial charge in [-0.2, -0.15) is 0 Å². The maximum Gasteiger partial charge on any atom is 0.222 e. The maximum absolute atomic E-state index is 11.7. The fraction of sp³-hybridized carbons (Fsp3) is 0.636. The molecule has 0 saturated carbocycles. The lowest BCUT2D eigenvalue weighted by molar-refractivity contribution is -0.127. The average molecular weight is 516 g/mol. The van der Waals surface area contributed by atoms with Crippen LogP contribution in [0.15, 0.2) is 23.2 Å². The number of nitrogens with zero attached hydrogens (tertiary/aromatic N) is 2. The molecule has 6 nitrogen and oxygen atoms in total. The highest BCUT2D eigenvalue weighted by Crippen LogP contribution is 2.23. The lowest BCUT2D eigenvalue weighted by Crippen LogP contribution is -2.39. The van der Waals surface area contributed by atoms with Gasteiger partial charge in [0.1, 0.15) is 5.75 Å². The number of likely N-dealkylation sites (tertiary alicyclic amines) is 1. The van der Waals surface area contributed by atoms with E-state index in [9.17, 15) is 4.79 Å². The third kappa shape index (κ3) is 8.80. The Bertz CT molecular complexity index is 666. The van der Waals surface area contributed by atoms with Crippen molar-refractivity contribution in [3.05, 3.63) is 29.3 Å². The van der Waals surface area contributed by atoms with Crippen molar-refractivity contribution in [1.82, 2.24) is 15.5 Å². The number of carbonyl (C=O) groups is 1. The Morgan fingerprint density at radius 1 is 1.31 bits per heavy atom. The van der Waals surface area contributed by atoms with Crippen LogP contribution in [0.25, 0.3) is 0 Å². The van der Waals surface area contributed by atoms with Crippen LogP contribution in [0.4, 0.5) is 0 Å². The number of hydrogen-bond acceptors (Lipinski definition) is 3. The van der Waals surface area contributed by atoms with E-state index >= 15 is 0 Å². The number of halogens is 1. The molecular weight excluding hydrogens is 479 g/mol. The molecule has 7 heteroatoms. The van der Waals surface area contributed by atoms with E-state index in [0.29, 0.717) is 13.0 Å². The number of amides is 1. The summed E-state index contributed by atoms with van der Waals surface area (Å²) >= 11 is 0. The highest BCUT2D eigenvalue weighted by molar-refractivity contribution is 14.0. The second kappa shape index (κ2) is 13.7. The van der Waals surface area contributed by atoms with Gasteiger partial charge in [0.05, 0.1) is 12.6 Å². The Morgan fingerprint density at radius 3 is 2.76 bits per heavy atom. The van der Waals surface area contributed by atoms with Crippen LogP contribution in [-0.4, -0.2) is 49.0 Å². The van der Waals surface area contributed by atoms with Gasteiger partial charge in [0.2, 0.25) is 5.91 Å². The summed E-state index contributed by atoms with van der Waals surface area (Å²) in [5.41, 5.74) is 2.28. The van der Waals surface area contributed by atoms with Gasteiger partial charge in [0.25, 0.3) is 0 Å². The summed E-state index contributed by atoms with van der Waals surface area (Å²) in [6, 6.07) is 6.28. The topological polar surface area (TPSA) is 66.0 Å². The van der Waals surface area contributed by atoms with Crippen LogP contribution >= 0.6 is 24.0 Å². The van der Waals surface area contributed by atoms with Crippen LogP contribution in [0, 0.1) is 6.92 Å². The fourth-order valence-corrected chi connectivity index (χ4v) is 3.13. The van der Waals surface area contributed by atoms with Crippen LogP contribution < -0.4 is 15.4 Å². The molecule has 0 spiro atoms. The molecule has 1 unspecified atom stereocenters. The molecule has 1 aromatic carbocycles.